The van der Waals surface area contributed by atoms with Crippen molar-refractivity contribution in [1.29, 1.82) is 0 Å². The van der Waals surface area contributed by atoms with Crippen LogP contribution in [0.1, 0.15) is 0 Å². The number of hydrogen-bond acceptors (Lipinski definition) is 3. The molecule has 0 radical (unpaired) electrons. The van der Waals surface area contributed by atoms with E-state index in [9.17, 15) is 4.79 Å². The first-order valence-electron chi connectivity index (χ1n) is 4.72. The second-order valence-corrected chi connectivity index (χ2v) is 3.32. The minimum atomic E-state index is -0.821. The Hall–Kier alpha value is -2.30. The van der Waals surface area contributed by atoms with Gasteiger partial charge in [-0.05, 0) is 18.2 Å². The maximum Gasteiger partial charge on any atom is 0.409 e. The summed E-state index contributed by atoms with van der Waals surface area (Å²) in [6.07, 6.45) is 1.02. The van der Waals surface area contributed by atoms with Crippen molar-refractivity contribution in [3.05, 3.63) is 36.5 Å². The van der Waals surface area contributed by atoms with E-state index in [1.165, 1.54) is 0 Å². The topological polar surface area (TPSA) is 70.1 Å². The summed E-state index contributed by atoms with van der Waals surface area (Å²) in [6.45, 7) is 0. The van der Waals surface area contributed by atoms with Gasteiger partial charge in [0, 0.05) is 18.8 Å². The highest BCUT2D eigenvalue weighted by Crippen LogP contribution is 2.21. The fraction of sp³-hybridized carbons (Fsp3) is 0.0909. The van der Waals surface area contributed by atoms with Crippen LogP contribution in [0.2, 0.25) is 0 Å². The lowest BCUT2D eigenvalue weighted by atomic mass is 10.1. The van der Waals surface area contributed by atoms with Crippen LogP contribution in [0.3, 0.4) is 0 Å². The summed E-state index contributed by atoms with van der Waals surface area (Å²) in [5.41, 5.74) is 6.63. The number of benzene rings is 1. The molecule has 5 heteroatoms. The molecule has 16 heavy (non-hydrogen) atoms. The van der Waals surface area contributed by atoms with Gasteiger partial charge in [0.2, 0.25) is 0 Å². The van der Waals surface area contributed by atoms with Crippen molar-refractivity contribution < 1.29 is 9.53 Å². The van der Waals surface area contributed by atoms with Crippen LogP contribution in [-0.2, 0) is 7.05 Å². The van der Waals surface area contributed by atoms with Crippen LogP contribution in [0.15, 0.2) is 36.5 Å². The van der Waals surface area contributed by atoms with Gasteiger partial charge in [-0.25, -0.2) is 4.79 Å². The smallest absolute Gasteiger partial charge is 0.409 e. The zero-order valence-corrected chi connectivity index (χ0v) is 8.75. The van der Waals surface area contributed by atoms with Crippen LogP contribution in [0, 0.1) is 0 Å². The Morgan fingerprint density at radius 2 is 2.25 bits per heavy atom. The van der Waals surface area contributed by atoms with Crippen LogP contribution >= 0.6 is 0 Å². The van der Waals surface area contributed by atoms with E-state index in [-0.39, 0.29) is 0 Å². The average Bonchev–Trinajstić information content (AvgIpc) is 2.64. The molecule has 0 saturated heterocycles. The second-order valence-electron chi connectivity index (χ2n) is 3.32. The van der Waals surface area contributed by atoms with Crippen molar-refractivity contribution in [2.45, 2.75) is 0 Å². The summed E-state index contributed by atoms with van der Waals surface area (Å²) in [6, 6.07) is 8.92. The van der Waals surface area contributed by atoms with Crippen molar-refractivity contribution in [2.24, 2.45) is 12.8 Å². The molecule has 1 heterocycles. The molecule has 82 valence electrons. The molecule has 0 spiro atoms. The number of ether oxygens (including phenoxy) is 1. The van der Waals surface area contributed by atoms with Crippen LogP contribution < -0.4 is 10.5 Å². The van der Waals surface area contributed by atoms with E-state index in [1.54, 1.807) is 22.9 Å². The zero-order valence-electron chi connectivity index (χ0n) is 8.75. The van der Waals surface area contributed by atoms with Crippen LogP contribution in [0.25, 0.3) is 11.3 Å². The summed E-state index contributed by atoms with van der Waals surface area (Å²) in [5, 5.41) is 4.25. The van der Waals surface area contributed by atoms with Gasteiger partial charge in [0.15, 0.2) is 0 Å². The monoisotopic (exact) mass is 217 g/mol. The van der Waals surface area contributed by atoms with Crippen LogP contribution in [0.4, 0.5) is 4.79 Å². The van der Waals surface area contributed by atoms with Crippen molar-refractivity contribution in [3.63, 3.8) is 0 Å². The number of nitrogens with two attached hydrogens (primary N) is 1. The number of amides is 1. The van der Waals surface area contributed by atoms with Gasteiger partial charge >= 0.3 is 6.09 Å². The standard InChI is InChI=1S/C11H11N3O2/c1-14-6-5-10(13-14)8-3-2-4-9(7-8)16-11(12)15/h2-7H,1H3,(H2,12,15). The van der Waals surface area contributed by atoms with Gasteiger partial charge in [-0.2, -0.15) is 5.10 Å². The molecule has 2 N–H and O–H groups in total. The van der Waals surface area contributed by atoms with E-state index in [0.29, 0.717) is 5.75 Å². The first-order chi connectivity index (χ1) is 7.65. The lowest BCUT2D eigenvalue weighted by Crippen LogP contribution is -2.16. The molecule has 0 fully saturated rings. The Bertz CT molecular complexity index is 519. The first kappa shape index (κ1) is 10.2. The molecule has 0 aliphatic heterocycles. The number of carbonyl (C=O) groups excluding carboxylic acids is 1. The molecular formula is C11H11N3O2. The Labute approximate surface area is 92.4 Å². The second kappa shape index (κ2) is 4.06. The lowest BCUT2D eigenvalue weighted by molar-refractivity contribution is 0.211. The maximum atomic E-state index is 10.6. The van der Waals surface area contributed by atoms with Gasteiger partial charge in [-0.15, -0.1) is 0 Å². The molecule has 1 aromatic heterocycles. The van der Waals surface area contributed by atoms with Crippen LogP contribution in [0.5, 0.6) is 5.75 Å². The summed E-state index contributed by atoms with van der Waals surface area (Å²) in [4.78, 5) is 10.6. The van der Waals surface area contributed by atoms with E-state index >= 15 is 0 Å². The lowest BCUT2D eigenvalue weighted by Gasteiger charge is -2.02. The molecule has 5 nitrogen and oxygen atoms in total. The molecule has 0 aliphatic rings. The summed E-state index contributed by atoms with van der Waals surface area (Å²) in [7, 11) is 1.84. The Morgan fingerprint density at radius 1 is 1.44 bits per heavy atom. The molecule has 0 atom stereocenters. The summed E-state index contributed by atoms with van der Waals surface area (Å²) >= 11 is 0. The Kier molecular flexibility index (Phi) is 2.59. The van der Waals surface area contributed by atoms with Gasteiger partial charge in [-0.3, -0.25) is 4.68 Å². The first-order valence-corrected chi connectivity index (χ1v) is 4.72. The molecule has 0 saturated carbocycles. The minimum Gasteiger partial charge on any atom is -0.410 e. The highest BCUT2D eigenvalue weighted by atomic mass is 16.5. The van der Waals surface area contributed by atoms with Crippen molar-refractivity contribution in [2.75, 3.05) is 0 Å². The molecule has 0 unspecified atom stereocenters. The molecule has 1 aromatic carbocycles. The SMILES string of the molecule is Cn1ccc(-c2cccc(OC(N)=O)c2)n1. The third-order valence-electron chi connectivity index (χ3n) is 2.06. The number of nitrogens with zero attached hydrogens (tertiary/aromatic N) is 2. The van der Waals surface area contributed by atoms with E-state index in [2.05, 4.69) is 5.10 Å². The fourth-order valence-corrected chi connectivity index (χ4v) is 1.40. The van der Waals surface area contributed by atoms with Gasteiger partial charge in [0.1, 0.15) is 5.75 Å². The number of rotatable bonds is 2. The maximum absolute atomic E-state index is 10.6. The summed E-state index contributed by atoms with van der Waals surface area (Å²) < 4.78 is 6.49. The molecular weight excluding hydrogens is 206 g/mol. The molecule has 2 rings (SSSR count). The predicted molar refractivity (Wildman–Crippen MR) is 58.9 cm³/mol. The zero-order chi connectivity index (χ0) is 11.5. The fourth-order valence-electron chi connectivity index (χ4n) is 1.40. The van der Waals surface area contributed by atoms with Crippen molar-refractivity contribution in [1.82, 2.24) is 9.78 Å². The van der Waals surface area contributed by atoms with E-state index in [0.717, 1.165) is 11.3 Å². The average molecular weight is 217 g/mol. The van der Waals surface area contributed by atoms with E-state index in [4.69, 9.17) is 10.5 Å². The van der Waals surface area contributed by atoms with Crippen molar-refractivity contribution >= 4 is 6.09 Å². The summed E-state index contributed by atoms with van der Waals surface area (Å²) in [5.74, 6) is 0.413. The van der Waals surface area contributed by atoms with Gasteiger partial charge in [0.25, 0.3) is 0 Å². The van der Waals surface area contributed by atoms with E-state index in [1.807, 2.05) is 25.4 Å². The number of primary amides is 1. The third kappa shape index (κ3) is 2.20. The minimum absolute atomic E-state index is 0.413. The molecule has 1 amide bonds. The molecule has 0 bridgehead atoms. The Morgan fingerprint density at radius 3 is 2.88 bits per heavy atom. The highest BCUT2D eigenvalue weighted by molar-refractivity contribution is 5.69. The predicted octanol–water partition coefficient (Wildman–Crippen LogP) is 1.54. The van der Waals surface area contributed by atoms with Crippen LogP contribution in [-0.4, -0.2) is 15.9 Å². The van der Waals surface area contributed by atoms with E-state index < -0.39 is 6.09 Å². The van der Waals surface area contributed by atoms with Crippen molar-refractivity contribution in [3.8, 4) is 17.0 Å². The van der Waals surface area contributed by atoms with Gasteiger partial charge < -0.3 is 10.5 Å². The normalized spacial score (nSPS) is 10.1. The third-order valence-corrected chi connectivity index (χ3v) is 2.06. The quantitative estimate of drug-likeness (QED) is 0.829. The number of carbonyl (C=O) groups is 1. The molecule has 0 aliphatic carbocycles. The largest absolute Gasteiger partial charge is 0.410 e. The van der Waals surface area contributed by atoms with Gasteiger partial charge in [-0.1, -0.05) is 12.1 Å². The molecule has 2 aromatic rings. The van der Waals surface area contributed by atoms with Gasteiger partial charge in [0.05, 0.1) is 5.69 Å². The number of hydrogen-bond donors (Lipinski definition) is 1. The highest BCUT2D eigenvalue weighted by Gasteiger charge is 2.04. The number of aryl methyl sites for hydroxylation is 1. The number of aromatic nitrogens is 2. The Balaban J connectivity index is 2.32.